The van der Waals surface area contributed by atoms with Gasteiger partial charge >= 0.3 is 0 Å². The van der Waals surface area contributed by atoms with E-state index in [1.807, 2.05) is 0 Å². The molecule has 0 aromatic carbocycles. The van der Waals surface area contributed by atoms with Gasteiger partial charge in [-0.25, -0.2) is 0 Å². The lowest BCUT2D eigenvalue weighted by Gasteiger charge is -2.46. The normalized spacial score (nSPS) is 23.7. The minimum absolute atomic E-state index is 0.206. The maximum Gasteiger partial charge on any atom is 0.220 e. The van der Waals surface area contributed by atoms with Crippen LogP contribution in [0.4, 0.5) is 0 Å². The van der Waals surface area contributed by atoms with Crippen LogP contribution in [0, 0.1) is 0 Å². The number of unbranched alkanes of at least 4 members (excludes halogenated alkanes) is 35. The highest BCUT2D eigenvalue weighted by Gasteiger charge is 2.51. The third-order valence-electron chi connectivity index (χ3n) is 17.2. The maximum absolute atomic E-state index is 13.4. The second-order valence-corrected chi connectivity index (χ2v) is 25.0. The number of hydrogen-bond acceptors (Lipinski definition) is 13. The Morgan fingerprint density at radius 1 is 0.430 bits per heavy atom. The number of carbonyl (C=O) groups is 1. The summed E-state index contributed by atoms with van der Waals surface area (Å²) in [4.78, 5) is 13.4. The predicted octanol–water partition coefficient (Wildman–Crippen LogP) is 14.5. The quantitative estimate of drug-likeness (QED) is 0.0204. The van der Waals surface area contributed by atoms with Gasteiger partial charge in [-0.3, -0.25) is 4.79 Å². The number of amides is 1. The van der Waals surface area contributed by atoms with E-state index in [0.29, 0.717) is 12.8 Å². The Balaban J connectivity index is 1.66. The van der Waals surface area contributed by atoms with Crippen LogP contribution >= 0.6 is 0 Å². The molecule has 9 N–H and O–H groups in total. The first-order valence-electron chi connectivity index (χ1n) is 35.5. The van der Waals surface area contributed by atoms with Crippen LogP contribution in [0.15, 0.2) is 60.8 Å². The zero-order chi connectivity index (χ0) is 62.3. The summed E-state index contributed by atoms with van der Waals surface area (Å²) in [6.45, 7) is 2.79. The topological polar surface area (TPSA) is 228 Å². The van der Waals surface area contributed by atoms with Crippen molar-refractivity contribution in [2.75, 3.05) is 19.8 Å². The second-order valence-electron chi connectivity index (χ2n) is 25.0. The Labute approximate surface area is 524 Å². The molecule has 2 rings (SSSR count). The largest absolute Gasteiger partial charge is 0.394 e. The van der Waals surface area contributed by atoms with Crippen LogP contribution < -0.4 is 5.32 Å². The molecule has 0 aliphatic carbocycles. The third-order valence-corrected chi connectivity index (χ3v) is 17.2. The summed E-state index contributed by atoms with van der Waals surface area (Å²) in [7, 11) is 0. The van der Waals surface area contributed by atoms with Gasteiger partial charge in [0.25, 0.3) is 0 Å². The molecule has 0 bridgehead atoms. The third kappa shape index (κ3) is 40.4. The summed E-state index contributed by atoms with van der Waals surface area (Å²) in [5.41, 5.74) is 0. The van der Waals surface area contributed by atoms with Crippen molar-refractivity contribution in [2.24, 2.45) is 0 Å². The summed E-state index contributed by atoms with van der Waals surface area (Å²) in [6.07, 6.45) is 58.0. The van der Waals surface area contributed by atoms with Gasteiger partial charge in [0.15, 0.2) is 12.6 Å². The van der Waals surface area contributed by atoms with Crippen LogP contribution in [0.1, 0.15) is 296 Å². The molecule has 0 spiro atoms. The summed E-state index contributed by atoms with van der Waals surface area (Å²) in [6, 6.07) is -0.833. The van der Waals surface area contributed by atoms with E-state index in [9.17, 15) is 45.6 Å². The summed E-state index contributed by atoms with van der Waals surface area (Å²) in [5, 5.41) is 87.7. The van der Waals surface area contributed by atoms with Crippen molar-refractivity contribution in [3.05, 3.63) is 60.8 Å². The van der Waals surface area contributed by atoms with Crippen LogP contribution in [-0.4, -0.2) is 140 Å². The van der Waals surface area contributed by atoms with Crippen molar-refractivity contribution in [1.82, 2.24) is 5.32 Å². The second kappa shape index (κ2) is 56.7. The number of carbonyl (C=O) groups excluding carboxylic acids is 1. The highest BCUT2D eigenvalue weighted by atomic mass is 16.7. The summed E-state index contributed by atoms with van der Waals surface area (Å²) in [5.74, 6) is -0.206. The molecule has 2 fully saturated rings. The van der Waals surface area contributed by atoms with Crippen LogP contribution in [0.2, 0.25) is 0 Å². The molecule has 0 saturated carbocycles. The van der Waals surface area contributed by atoms with Gasteiger partial charge in [0.1, 0.15) is 48.8 Å². The van der Waals surface area contributed by atoms with Crippen molar-refractivity contribution < 1.29 is 64.6 Å². The zero-order valence-electron chi connectivity index (χ0n) is 54.6. The zero-order valence-corrected chi connectivity index (χ0v) is 54.6. The fourth-order valence-corrected chi connectivity index (χ4v) is 11.6. The maximum atomic E-state index is 13.4. The monoisotopic (exact) mass is 1220 g/mol. The Morgan fingerprint density at radius 3 is 1.23 bits per heavy atom. The highest BCUT2D eigenvalue weighted by Crippen LogP contribution is 2.30. The molecule has 0 aromatic rings. The number of hydrogen-bond donors (Lipinski definition) is 9. The van der Waals surface area contributed by atoms with Crippen molar-refractivity contribution in [2.45, 2.75) is 370 Å². The average molecular weight is 1220 g/mol. The predicted molar refractivity (Wildman–Crippen MR) is 350 cm³/mol. The van der Waals surface area contributed by atoms with E-state index in [-0.39, 0.29) is 12.5 Å². The van der Waals surface area contributed by atoms with Gasteiger partial charge < -0.3 is 65.1 Å². The van der Waals surface area contributed by atoms with Crippen molar-refractivity contribution in [3.8, 4) is 0 Å². The summed E-state index contributed by atoms with van der Waals surface area (Å²) < 4.78 is 22.9. The van der Waals surface area contributed by atoms with Crippen LogP contribution in [0.3, 0.4) is 0 Å². The molecule has 1 amide bonds. The van der Waals surface area contributed by atoms with Gasteiger partial charge in [-0.15, -0.1) is 0 Å². The van der Waals surface area contributed by atoms with E-state index in [0.717, 1.165) is 83.5 Å². The first-order chi connectivity index (χ1) is 42.1. The smallest absolute Gasteiger partial charge is 0.220 e. The van der Waals surface area contributed by atoms with E-state index in [4.69, 9.17) is 18.9 Å². The van der Waals surface area contributed by atoms with Gasteiger partial charge in [-0.05, 0) is 57.8 Å². The molecule has 14 heteroatoms. The average Bonchev–Trinajstić information content (AvgIpc) is 2.53. The van der Waals surface area contributed by atoms with Crippen LogP contribution in [0.25, 0.3) is 0 Å². The SMILES string of the molecule is CC/C=C\C/C=C\C/C=C\C/C=C\C/C=C\CCCCCCCCCCCCCCCC(=O)NC(COC1OC(CO)C(OC2OC(CO)C(O)C(O)C2O)C(O)C1O)C(O)CCCCCCCCCCCCCCCCCCCCCCCCC. The fourth-order valence-electron chi connectivity index (χ4n) is 11.6. The van der Waals surface area contributed by atoms with Crippen molar-refractivity contribution in [3.63, 3.8) is 0 Å². The molecule has 86 heavy (non-hydrogen) atoms. The van der Waals surface area contributed by atoms with Crippen LogP contribution in [0.5, 0.6) is 0 Å². The lowest BCUT2D eigenvalue weighted by molar-refractivity contribution is -0.359. The molecule has 502 valence electrons. The number of aliphatic hydroxyl groups is 8. The standard InChI is InChI=1S/C72H131NO13/c1-3-5-7-9-11-13-15-17-19-21-23-25-27-28-29-30-31-32-34-36-38-40-42-44-46-48-50-52-54-56-64(77)73-60(59-83-71-69(82)67(80)70(63(58-75)85-71)86-72-68(81)66(79)65(78)62(57-74)84-72)61(76)55-53-51-49-47-45-43-41-39-37-35-33-26-24-22-20-18-16-14-12-10-8-6-4-2/h5,7,11,13,17,19,23,25,28-29,60-63,65-72,74-76,78-82H,3-4,6,8-10,12,14-16,18,20-22,24,26-27,30-59H2,1-2H3,(H,73,77)/b7-5-,13-11-,19-17-,25-23-,29-28-. The Morgan fingerprint density at radius 2 is 0.802 bits per heavy atom. The molecule has 14 nitrogen and oxygen atoms in total. The Hall–Kier alpha value is -2.31. The number of aliphatic hydroxyl groups excluding tert-OH is 8. The van der Waals surface area contributed by atoms with E-state index >= 15 is 0 Å². The lowest BCUT2D eigenvalue weighted by atomic mass is 9.97. The number of allylic oxidation sites excluding steroid dienone is 10. The molecule has 0 radical (unpaired) electrons. The molecule has 0 aromatic heterocycles. The number of rotatable bonds is 58. The minimum atomic E-state index is -1.78. The molecule has 2 saturated heterocycles. The molecular weight excluding hydrogens is 1090 g/mol. The first kappa shape index (κ1) is 79.8. The fraction of sp³-hybridized carbons (Fsp3) is 0.847. The highest BCUT2D eigenvalue weighted by molar-refractivity contribution is 5.76. The van der Waals surface area contributed by atoms with Gasteiger partial charge in [-0.2, -0.15) is 0 Å². The van der Waals surface area contributed by atoms with Gasteiger partial charge in [0, 0.05) is 6.42 Å². The number of nitrogens with one attached hydrogen (secondary N) is 1. The molecular formula is C72H131NO13. The van der Waals surface area contributed by atoms with E-state index in [2.05, 4.69) is 79.9 Å². The van der Waals surface area contributed by atoms with Gasteiger partial charge in [0.2, 0.25) is 5.91 Å². The molecule has 12 atom stereocenters. The summed E-state index contributed by atoms with van der Waals surface area (Å²) >= 11 is 0. The molecule has 2 aliphatic rings. The van der Waals surface area contributed by atoms with E-state index in [1.54, 1.807) is 0 Å². The van der Waals surface area contributed by atoms with Crippen LogP contribution in [-0.2, 0) is 23.7 Å². The molecule has 12 unspecified atom stereocenters. The minimum Gasteiger partial charge on any atom is -0.394 e. The lowest BCUT2D eigenvalue weighted by Crippen LogP contribution is -2.65. The van der Waals surface area contributed by atoms with Crippen molar-refractivity contribution in [1.29, 1.82) is 0 Å². The van der Waals surface area contributed by atoms with Gasteiger partial charge in [0.05, 0.1) is 32.0 Å². The van der Waals surface area contributed by atoms with E-state index < -0.39 is 86.8 Å². The van der Waals surface area contributed by atoms with Gasteiger partial charge in [-0.1, -0.05) is 293 Å². The molecule has 2 aliphatic heterocycles. The Kier molecular flexibility index (Phi) is 52.6. The number of ether oxygens (including phenoxy) is 4. The van der Waals surface area contributed by atoms with Crippen molar-refractivity contribution >= 4 is 5.91 Å². The van der Waals surface area contributed by atoms with E-state index in [1.165, 1.54) is 186 Å². The first-order valence-corrected chi connectivity index (χ1v) is 35.5. The molecule has 2 heterocycles. The Bertz CT molecular complexity index is 1670.